The summed E-state index contributed by atoms with van der Waals surface area (Å²) in [6, 6.07) is 2.80. The van der Waals surface area contributed by atoms with Crippen LogP contribution in [0.5, 0.6) is 0 Å². The maximum atomic E-state index is 13.4. The van der Waals surface area contributed by atoms with Crippen LogP contribution in [-0.4, -0.2) is 40.3 Å². The summed E-state index contributed by atoms with van der Waals surface area (Å²) in [6.45, 7) is 8.99. The van der Waals surface area contributed by atoms with Crippen LogP contribution in [0.2, 0.25) is 0 Å². The van der Waals surface area contributed by atoms with Gasteiger partial charge < -0.3 is 18.6 Å². The highest BCUT2D eigenvalue weighted by atomic mass is 16.5. The zero-order valence-electron chi connectivity index (χ0n) is 17.5. The van der Waals surface area contributed by atoms with E-state index in [4.69, 9.17) is 9.15 Å². The number of carbonyl (C=O) groups is 3. The van der Waals surface area contributed by atoms with Crippen LogP contribution in [0.3, 0.4) is 0 Å². The third-order valence-corrected chi connectivity index (χ3v) is 5.09. The molecule has 7 heteroatoms. The van der Waals surface area contributed by atoms with Gasteiger partial charge in [0.15, 0.2) is 5.78 Å². The lowest BCUT2D eigenvalue weighted by atomic mass is 9.99. The lowest BCUT2D eigenvalue weighted by Gasteiger charge is -2.29. The van der Waals surface area contributed by atoms with Crippen molar-refractivity contribution >= 4 is 17.7 Å². The van der Waals surface area contributed by atoms with Crippen LogP contribution in [0.25, 0.3) is 0 Å². The number of carbonyl (C=O) groups excluding carboxylic acids is 3. The highest BCUT2D eigenvalue weighted by Crippen LogP contribution is 2.25. The Morgan fingerprint density at radius 2 is 1.86 bits per heavy atom. The summed E-state index contributed by atoms with van der Waals surface area (Å²) < 4.78 is 11.9. The van der Waals surface area contributed by atoms with E-state index >= 15 is 0 Å². The summed E-state index contributed by atoms with van der Waals surface area (Å²) in [6.07, 6.45) is 1.54. The van der Waals surface area contributed by atoms with Crippen molar-refractivity contribution in [1.82, 2.24) is 9.47 Å². The second-order valence-corrected chi connectivity index (χ2v) is 7.23. The minimum absolute atomic E-state index is 0.142. The van der Waals surface area contributed by atoms with Gasteiger partial charge in [-0.1, -0.05) is 13.8 Å². The zero-order chi connectivity index (χ0) is 21.2. The van der Waals surface area contributed by atoms with Gasteiger partial charge in [0, 0.05) is 24.2 Å². The molecule has 0 saturated carbocycles. The van der Waals surface area contributed by atoms with E-state index in [1.807, 2.05) is 0 Å². The van der Waals surface area contributed by atoms with E-state index in [9.17, 15) is 14.4 Å². The number of Topliss-reactive ketones (excluding diaryl/α,β-unsaturated/α-hetero) is 1. The van der Waals surface area contributed by atoms with Gasteiger partial charge in [-0.05, 0) is 38.5 Å². The molecule has 2 aromatic rings. The average molecular weight is 388 g/mol. The number of furan rings is 1. The molecule has 0 N–H and O–H groups in total. The fourth-order valence-corrected chi connectivity index (χ4v) is 3.38. The van der Waals surface area contributed by atoms with Gasteiger partial charge in [0.05, 0.1) is 26.0 Å². The molecule has 0 aromatic carbocycles. The van der Waals surface area contributed by atoms with E-state index in [2.05, 4.69) is 0 Å². The molecule has 0 saturated heterocycles. The van der Waals surface area contributed by atoms with Crippen molar-refractivity contribution in [2.24, 2.45) is 13.0 Å². The molecule has 28 heavy (non-hydrogen) atoms. The van der Waals surface area contributed by atoms with Crippen molar-refractivity contribution in [3.63, 3.8) is 0 Å². The molecule has 0 aliphatic heterocycles. The Kier molecular flexibility index (Phi) is 6.48. The van der Waals surface area contributed by atoms with Crippen LogP contribution in [0.4, 0.5) is 0 Å². The number of methoxy groups -OCH3 is 1. The van der Waals surface area contributed by atoms with E-state index in [1.165, 1.54) is 18.3 Å². The zero-order valence-corrected chi connectivity index (χ0v) is 17.5. The Hall–Kier alpha value is -2.83. The number of ketones is 1. The number of ether oxygens (including phenoxy) is 1. The lowest BCUT2D eigenvalue weighted by Crippen LogP contribution is -2.44. The van der Waals surface area contributed by atoms with E-state index in [1.54, 1.807) is 58.4 Å². The minimum Gasteiger partial charge on any atom is -0.467 e. The molecule has 1 atom stereocenters. The summed E-state index contributed by atoms with van der Waals surface area (Å²) in [7, 11) is 3.02. The highest BCUT2D eigenvalue weighted by molar-refractivity contribution is 6.06. The number of rotatable bonds is 7. The highest BCUT2D eigenvalue weighted by Gasteiger charge is 2.33. The van der Waals surface area contributed by atoms with E-state index in [0.717, 1.165) is 0 Å². The monoisotopic (exact) mass is 388 g/mol. The van der Waals surface area contributed by atoms with Crippen LogP contribution >= 0.6 is 0 Å². The first-order chi connectivity index (χ1) is 13.1. The van der Waals surface area contributed by atoms with Gasteiger partial charge in [-0.2, -0.15) is 0 Å². The molecule has 0 fully saturated rings. The van der Waals surface area contributed by atoms with Crippen molar-refractivity contribution in [2.75, 3.05) is 7.11 Å². The molecule has 0 aliphatic carbocycles. The van der Waals surface area contributed by atoms with Gasteiger partial charge in [-0.15, -0.1) is 0 Å². The molecular formula is C21H28N2O5. The summed E-state index contributed by atoms with van der Waals surface area (Å²) >= 11 is 0. The fraction of sp³-hybridized carbons (Fsp3) is 0.476. The summed E-state index contributed by atoms with van der Waals surface area (Å²) in [5.41, 5.74) is 1.99. The summed E-state index contributed by atoms with van der Waals surface area (Å²) in [5.74, 6) is -0.530. The molecule has 0 aliphatic rings. The Morgan fingerprint density at radius 1 is 1.21 bits per heavy atom. The molecule has 1 amide bonds. The van der Waals surface area contributed by atoms with Crippen LogP contribution in [0.1, 0.15) is 58.6 Å². The van der Waals surface area contributed by atoms with E-state index in [0.29, 0.717) is 28.3 Å². The Balaban J connectivity index is 2.45. The van der Waals surface area contributed by atoms with Gasteiger partial charge in [0.25, 0.3) is 0 Å². The van der Waals surface area contributed by atoms with Gasteiger partial charge in [0.2, 0.25) is 5.91 Å². The Bertz CT molecular complexity index is 877. The Labute approximate surface area is 165 Å². The van der Waals surface area contributed by atoms with Gasteiger partial charge in [-0.3, -0.25) is 9.59 Å². The van der Waals surface area contributed by atoms with Crippen LogP contribution in [0, 0.1) is 19.8 Å². The molecule has 7 nitrogen and oxygen atoms in total. The number of esters is 1. The van der Waals surface area contributed by atoms with Crippen LogP contribution in [-0.2, 0) is 23.1 Å². The minimum atomic E-state index is -0.717. The SMILES string of the molecule is COC(=O)c1c(C)c(C(=O)C(C)N(Cc2ccco2)C(=O)C(C)C)c(C)n1C. The average Bonchev–Trinajstić information content (AvgIpc) is 3.24. The van der Waals surface area contributed by atoms with Gasteiger partial charge in [-0.25, -0.2) is 4.79 Å². The molecule has 2 aromatic heterocycles. The first-order valence-corrected chi connectivity index (χ1v) is 9.23. The van der Waals surface area contributed by atoms with Crippen molar-refractivity contribution in [3.05, 3.63) is 46.7 Å². The third-order valence-electron chi connectivity index (χ3n) is 5.09. The number of hydrogen-bond donors (Lipinski definition) is 0. The Morgan fingerprint density at radius 3 is 2.36 bits per heavy atom. The summed E-state index contributed by atoms with van der Waals surface area (Å²) in [4.78, 5) is 39.8. The topological polar surface area (TPSA) is 81.8 Å². The molecule has 0 bridgehead atoms. The fourth-order valence-electron chi connectivity index (χ4n) is 3.38. The number of aromatic nitrogens is 1. The number of hydrogen-bond acceptors (Lipinski definition) is 5. The molecule has 0 radical (unpaired) electrons. The smallest absolute Gasteiger partial charge is 0.354 e. The second kappa shape index (κ2) is 8.46. The maximum Gasteiger partial charge on any atom is 0.354 e. The molecular weight excluding hydrogens is 360 g/mol. The van der Waals surface area contributed by atoms with Crippen LogP contribution in [0.15, 0.2) is 22.8 Å². The molecule has 152 valence electrons. The normalized spacial score (nSPS) is 12.1. The molecule has 2 heterocycles. The largest absolute Gasteiger partial charge is 0.467 e. The maximum absolute atomic E-state index is 13.4. The standard InChI is InChI=1S/C21H28N2O5/c1-12(2)20(25)23(11-16-9-8-10-28-16)15(5)19(24)17-13(3)18(21(26)27-7)22(6)14(17)4/h8-10,12,15H,11H2,1-7H3. The summed E-state index contributed by atoms with van der Waals surface area (Å²) in [5, 5.41) is 0. The lowest BCUT2D eigenvalue weighted by molar-refractivity contribution is -0.136. The molecule has 1 unspecified atom stereocenters. The van der Waals surface area contributed by atoms with Crippen molar-refractivity contribution < 1.29 is 23.5 Å². The van der Waals surface area contributed by atoms with Crippen molar-refractivity contribution in [2.45, 2.75) is 47.2 Å². The van der Waals surface area contributed by atoms with Crippen molar-refractivity contribution in [1.29, 1.82) is 0 Å². The predicted octanol–water partition coefficient (Wildman–Crippen LogP) is 3.28. The first kappa shape index (κ1) is 21.5. The number of amides is 1. The predicted molar refractivity (Wildman–Crippen MR) is 104 cm³/mol. The van der Waals surface area contributed by atoms with Gasteiger partial charge in [0.1, 0.15) is 11.5 Å². The van der Waals surface area contributed by atoms with E-state index < -0.39 is 12.0 Å². The quantitative estimate of drug-likeness (QED) is 0.537. The second-order valence-electron chi connectivity index (χ2n) is 7.23. The molecule has 0 spiro atoms. The van der Waals surface area contributed by atoms with Crippen molar-refractivity contribution in [3.8, 4) is 0 Å². The van der Waals surface area contributed by atoms with E-state index in [-0.39, 0.29) is 24.2 Å². The van der Waals surface area contributed by atoms with Gasteiger partial charge >= 0.3 is 5.97 Å². The third kappa shape index (κ3) is 3.88. The number of nitrogens with zero attached hydrogens (tertiary/aromatic N) is 2. The molecule has 2 rings (SSSR count). The first-order valence-electron chi connectivity index (χ1n) is 9.23. The van der Waals surface area contributed by atoms with Crippen LogP contribution < -0.4 is 0 Å².